The number of carbonyl (C=O) groups excluding carboxylic acids is 2. The lowest BCUT2D eigenvalue weighted by atomic mass is 10.2. The summed E-state index contributed by atoms with van der Waals surface area (Å²) in [6, 6.07) is 18.7. The van der Waals surface area contributed by atoms with Gasteiger partial charge < -0.3 is 19.5 Å². The van der Waals surface area contributed by atoms with Gasteiger partial charge >= 0.3 is 0 Å². The summed E-state index contributed by atoms with van der Waals surface area (Å²) in [7, 11) is 1.58. The highest BCUT2D eigenvalue weighted by Crippen LogP contribution is 2.37. The molecule has 3 aromatic carbocycles. The largest absolute Gasteiger partial charge is 0.493 e. The molecule has 0 radical (unpaired) electrons. The Hall–Kier alpha value is -3.46. The van der Waals surface area contributed by atoms with E-state index in [2.05, 4.69) is 10.3 Å². The van der Waals surface area contributed by atoms with Crippen LogP contribution in [0.2, 0.25) is 10.0 Å². The number of amidine groups is 1. The SMILES string of the molecule is COc1cc(COc2c(Cl)cc(/C=C3/SC(NC(C)=O)=NC3=O)cc2Cl)ccc1OCc1ccccc1. The Labute approximate surface area is 228 Å². The summed E-state index contributed by atoms with van der Waals surface area (Å²) in [6.45, 7) is 1.96. The van der Waals surface area contributed by atoms with Gasteiger partial charge in [-0.3, -0.25) is 9.59 Å². The van der Waals surface area contributed by atoms with Gasteiger partial charge in [-0.15, -0.1) is 0 Å². The molecule has 0 saturated carbocycles. The van der Waals surface area contributed by atoms with E-state index in [0.717, 1.165) is 22.9 Å². The van der Waals surface area contributed by atoms with E-state index in [-0.39, 0.29) is 27.7 Å². The fraction of sp³-hybridized carbons (Fsp3) is 0.148. The Morgan fingerprint density at radius 1 is 0.973 bits per heavy atom. The summed E-state index contributed by atoms with van der Waals surface area (Å²) in [5.41, 5.74) is 2.48. The zero-order chi connectivity index (χ0) is 26.4. The van der Waals surface area contributed by atoms with Gasteiger partial charge in [-0.1, -0.05) is 59.6 Å². The molecule has 0 spiro atoms. The van der Waals surface area contributed by atoms with Crippen molar-refractivity contribution in [3.63, 3.8) is 0 Å². The van der Waals surface area contributed by atoms with Crippen LogP contribution in [-0.2, 0) is 22.8 Å². The second kappa shape index (κ2) is 12.2. The highest BCUT2D eigenvalue weighted by Gasteiger charge is 2.23. The predicted octanol–water partition coefficient (Wildman–Crippen LogP) is 6.27. The molecule has 1 N–H and O–H groups in total. The van der Waals surface area contributed by atoms with Crippen molar-refractivity contribution in [3.8, 4) is 17.2 Å². The van der Waals surface area contributed by atoms with Crippen molar-refractivity contribution in [2.45, 2.75) is 20.1 Å². The second-order valence-corrected chi connectivity index (χ2v) is 9.72. The van der Waals surface area contributed by atoms with Crippen LogP contribution in [0, 0.1) is 0 Å². The highest BCUT2D eigenvalue weighted by molar-refractivity contribution is 8.18. The fourth-order valence-corrected chi connectivity index (χ4v) is 4.85. The molecule has 3 aromatic rings. The topological polar surface area (TPSA) is 86.2 Å². The maximum Gasteiger partial charge on any atom is 0.286 e. The number of aliphatic imine (C=N–C) groups is 1. The van der Waals surface area contributed by atoms with E-state index < -0.39 is 5.91 Å². The van der Waals surface area contributed by atoms with Gasteiger partial charge in [0, 0.05) is 6.92 Å². The van der Waals surface area contributed by atoms with Crippen LogP contribution in [-0.4, -0.2) is 24.1 Å². The van der Waals surface area contributed by atoms with E-state index in [0.29, 0.717) is 34.3 Å². The summed E-state index contributed by atoms with van der Waals surface area (Å²) in [5, 5.41) is 3.30. The number of ether oxygens (including phenoxy) is 3. The lowest BCUT2D eigenvalue weighted by Gasteiger charge is -2.14. The van der Waals surface area contributed by atoms with Crippen molar-refractivity contribution in [2.75, 3.05) is 7.11 Å². The van der Waals surface area contributed by atoms with Gasteiger partial charge in [-0.25, -0.2) is 0 Å². The number of hydrogen-bond donors (Lipinski definition) is 1. The molecule has 1 aliphatic heterocycles. The first-order chi connectivity index (χ1) is 17.8. The number of benzene rings is 3. The monoisotopic (exact) mass is 556 g/mol. The summed E-state index contributed by atoms with van der Waals surface area (Å²) in [4.78, 5) is 27.5. The van der Waals surface area contributed by atoms with E-state index in [9.17, 15) is 9.59 Å². The third kappa shape index (κ3) is 7.07. The average molecular weight is 557 g/mol. The van der Waals surface area contributed by atoms with Crippen LogP contribution in [0.5, 0.6) is 17.2 Å². The summed E-state index contributed by atoms with van der Waals surface area (Å²) in [5.74, 6) is 0.755. The molecule has 190 valence electrons. The Kier molecular flexibility index (Phi) is 8.76. The molecule has 0 fully saturated rings. The normalized spacial score (nSPS) is 13.9. The molecule has 2 amide bonds. The summed E-state index contributed by atoms with van der Waals surface area (Å²) >= 11 is 13.9. The highest BCUT2D eigenvalue weighted by atomic mass is 35.5. The van der Waals surface area contributed by atoms with Crippen LogP contribution >= 0.6 is 35.0 Å². The standard InChI is InChI=1S/C27H22Cl2N2O5S/c1-16(32)30-27-31-26(33)24(37-27)13-19-10-20(28)25(21(29)11-19)36-15-18-8-9-22(23(12-18)34-2)35-14-17-6-4-3-5-7-17/h3-13H,14-15H2,1-2H3,(H,30,31,32,33)/b24-13+. The van der Waals surface area contributed by atoms with Gasteiger partial charge in [0.2, 0.25) is 5.91 Å². The molecule has 1 heterocycles. The molecule has 0 bridgehead atoms. The lowest BCUT2D eigenvalue weighted by molar-refractivity contribution is -0.117. The zero-order valence-corrected chi connectivity index (χ0v) is 22.2. The Morgan fingerprint density at radius 2 is 1.68 bits per heavy atom. The molecule has 37 heavy (non-hydrogen) atoms. The van der Waals surface area contributed by atoms with Crippen molar-refractivity contribution in [1.82, 2.24) is 5.32 Å². The predicted molar refractivity (Wildman–Crippen MR) is 146 cm³/mol. The van der Waals surface area contributed by atoms with Gasteiger partial charge in [0.1, 0.15) is 13.2 Å². The summed E-state index contributed by atoms with van der Waals surface area (Å²) in [6.07, 6.45) is 1.60. The van der Waals surface area contributed by atoms with Crippen LogP contribution in [0.1, 0.15) is 23.6 Å². The number of amides is 2. The smallest absolute Gasteiger partial charge is 0.286 e. The molecule has 7 nitrogen and oxygen atoms in total. The van der Waals surface area contributed by atoms with Crippen LogP contribution in [0.4, 0.5) is 0 Å². The number of rotatable bonds is 8. The van der Waals surface area contributed by atoms with Crippen LogP contribution in [0.3, 0.4) is 0 Å². The number of thioether (sulfide) groups is 1. The first-order valence-corrected chi connectivity index (χ1v) is 12.6. The van der Waals surface area contributed by atoms with Gasteiger partial charge in [0.15, 0.2) is 22.4 Å². The molecule has 0 saturated heterocycles. The zero-order valence-electron chi connectivity index (χ0n) is 19.9. The van der Waals surface area contributed by atoms with Gasteiger partial charge in [-0.05, 0) is 58.8 Å². The number of methoxy groups -OCH3 is 1. The van der Waals surface area contributed by atoms with Crippen molar-refractivity contribution >= 4 is 58.0 Å². The van der Waals surface area contributed by atoms with Crippen molar-refractivity contribution < 1.29 is 23.8 Å². The molecule has 4 rings (SSSR count). The number of nitrogens with zero attached hydrogens (tertiary/aromatic N) is 1. The Morgan fingerprint density at radius 3 is 2.35 bits per heavy atom. The van der Waals surface area contributed by atoms with E-state index in [1.165, 1.54) is 6.92 Å². The van der Waals surface area contributed by atoms with Gasteiger partial charge in [0.25, 0.3) is 5.91 Å². The van der Waals surface area contributed by atoms with Crippen molar-refractivity contribution in [3.05, 3.63) is 92.3 Å². The third-order valence-corrected chi connectivity index (χ3v) is 6.53. The second-order valence-electron chi connectivity index (χ2n) is 7.88. The molecular weight excluding hydrogens is 535 g/mol. The van der Waals surface area contributed by atoms with Crippen LogP contribution in [0.15, 0.2) is 70.6 Å². The van der Waals surface area contributed by atoms with E-state index >= 15 is 0 Å². The molecule has 1 aliphatic rings. The van der Waals surface area contributed by atoms with Crippen molar-refractivity contribution in [1.29, 1.82) is 0 Å². The minimum atomic E-state index is -0.452. The number of hydrogen-bond acceptors (Lipinski definition) is 6. The molecule has 0 unspecified atom stereocenters. The maximum absolute atomic E-state index is 12.1. The van der Waals surface area contributed by atoms with Crippen LogP contribution < -0.4 is 19.5 Å². The molecule has 0 aliphatic carbocycles. The maximum atomic E-state index is 12.1. The summed E-state index contributed by atoms with van der Waals surface area (Å²) < 4.78 is 17.3. The number of carbonyl (C=O) groups is 2. The quantitative estimate of drug-likeness (QED) is 0.329. The van der Waals surface area contributed by atoms with Gasteiger partial charge in [-0.2, -0.15) is 4.99 Å². The Bertz CT molecular complexity index is 1370. The van der Waals surface area contributed by atoms with E-state index in [1.807, 2.05) is 48.5 Å². The number of halogens is 2. The average Bonchev–Trinajstić information content (AvgIpc) is 3.20. The van der Waals surface area contributed by atoms with Crippen molar-refractivity contribution in [2.24, 2.45) is 4.99 Å². The molecule has 0 atom stereocenters. The van der Waals surface area contributed by atoms with Crippen LogP contribution in [0.25, 0.3) is 6.08 Å². The van der Waals surface area contributed by atoms with E-state index in [1.54, 1.807) is 25.3 Å². The fourth-order valence-electron chi connectivity index (χ4n) is 3.38. The Balaban J connectivity index is 1.42. The first-order valence-electron chi connectivity index (χ1n) is 11.1. The minimum Gasteiger partial charge on any atom is -0.493 e. The number of nitrogens with one attached hydrogen (secondary N) is 1. The van der Waals surface area contributed by atoms with E-state index in [4.69, 9.17) is 37.4 Å². The third-order valence-electron chi connectivity index (χ3n) is 5.07. The minimum absolute atomic E-state index is 0.192. The molecular formula is C27H22Cl2N2O5S. The molecule has 10 heteroatoms. The molecule has 0 aromatic heterocycles. The van der Waals surface area contributed by atoms with Gasteiger partial charge in [0.05, 0.1) is 22.1 Å². The lowest BCUT2D eigenvalue weighted by Crippen LogP contribution is -2.23. The first kappa shape index (κ1) is 26.6.